The summed E-state index contributed by atoms with van der Waals surface area (Å²) in [5.41, 5.74) is 5.08. The summed E-state index contributed by atoms with van der Waals surface area (Å²) in [6.07, 6.45) is 1.52. The van der Waals surface area contributed by atoms with Crippen LogP contribution in [0.15, 0.2) is 0 Å². The number of nitrogens with one attached hydrogen (secondary N) is 1. The summed E-state index contributed by atoms with van der Waals surface area (Å²) in [5.74, 6) is 0.244. The van der Waals surface area contributed by atoms with Crippen molar-refractivity contribution in [2.75, 3.05) is 0 Å². The van der Waals surface area contributed by atoms with E-state index in [2.05, 4.69) is 31.9 Å². The van der Waals surface area contributed by atoms with E-state index in [1.807, 2.05) is 0 Å². The molecule has 8 heavy (non-hydrogen) atoms. The predicted octanol–water partition coefficient (Wildman–Crippen LogP) is 1.82. The van der Waals surface area contributed by atoms with E-state index in [0.29, 0.717) is 10.2 Å². The zero-order chi connectivity index (χ0) is 6.57. The molecule has 4 heteroatoms. The van der Waals surface area contributed by atoms with Crippen molar-refractivity contribution >= 4 is 37.7 Å². The first kappa shape index (κ1) is 8.43. The van der Waals surface area contributed by atoms with Crippen molar-refractivity contribution in [3.8, 4) is 0 Å². The summed E-state index contributed by atoms with van der Waals surface area (Å²) < 4.78 is 0.291. The normalized spacial score (nSPS) is 9.88. The fourth-order valence-electron chi connectivity index (χ4n) is 0.265. The summed E-state index contributed by atoms with van der Waals surface area (Å²) in [7, 11) is 0. The van der Waals surface area contributed by atoms with E-state index in [4.69, 9.17) is 11.1 Å². The van der Waals surface area contributed by atoms with Crippen LogP contribution in [-0.4, -0.2) is 9.57 Å². The molecule has 0 unspecified atom stereocenters. The number of halogens is 2. The van der Waals surface area contributed by atoms with Gasteiger partial charge in [-0.25, -0.2) is 0 Å². The molecule has 0 fully saturated rings. The number of rotatable bonds is 3. The van der Waals surface area contributed by atoms with Crippen molar-refractivity contribution in [2.45, 2.75) is 16.6 Å². The third kappa shape index (κ3) is 6.43. The molecule has 0 amide bonds. The highest BCUT2D eigenvalue weighted by atomic mass is 79.9. The van der Waals surface area contributed by atoms with Crippen molar-refractivity contribution < 1.29 is 0 Å². The molecule has 0 radical (unpaired) electrons. The van der Waals surface area contributed by atoms with Crippen molar-refractivity contribution in [3.05, 3.63) is 0 Å². The van der Waals surface area contributed by atoms with Gasteiger partial charge < -0.3 is 5.73 Å². The Morgan fingerprint density at radius 1 is 1.62 bits per heavy atom. The molecule has 0 aliphatic rings. The van der Waals surface area contributed by atoms with Crippen LogP contribution in [0.2, 0.25) is 0 Å². The summed E-state index contributed by atoms with van der Waals surface area (Å²) >= 11 is 6.53. The van der Waals surface area contributed by atoms with Crippen LogP contribution in [0.4, 0.5) is 0 Å². The molecule has 0 aromatic rings. The van der Waals surface area contributed by atoms with Crippen LogP contribution in [0.1, 0.15) is 12.8 Å². The van der Waals surface area contributed by atoms with Crippen LogP contribution < -0.4 is 5.73 Å². The van der Waals surface area contributed by atoms with Gasteiger partial charge in [0.05, 0.1) is 9.57 Å². The summed E-state index contributed by atoms with van der Waals surface area (Å²) in [6, 6.07) is 0. The first-order chi connectivity index (χ1) is 3.63. The zero-order valence-electron chi connectivity index (χ0n) is 4.32. The van der Waals surface area contributed by atoms with Gasteiger partial charge in [0.2, 0.25) is 0 Å². The van der Waals surface area contributed by atoms with Crippen molar-refractivity contribution in [1.82, 2.24) is 0 Å². The maximum Gasteiger partial charge on any atom is 0.0906 e. The minimum Gasteiger partial charge on any atom is -0.388 e. The molecular formula is C4H8Br2N2. The number of hydrogen-bond donors (Lipinski definition) is 2. The number of amidine groups is 1. The van der Waals surface area contributed by atoms with Gasteiger partial charge in [0, 0.05) is 6.42 Å². The van der Waals surface area contributed by atoms with Crippen LogP contribution in [-0.2, 0) is 0 Å². The molecule has 0 saturated carbocycles. The lowest BCUT2D eigenvalue weighted by molar-refractivity contribution is 0.972. The van der Waals surface area contributed by atoms with E-state index in [9.17, 15) is 0 Å². The molecule has 0 aromatic carbocycles. The van der Waals surface area contributed by atoms with Crippen molar-refractivity contribution in [1.29, 1.82) is 5.41 Å². The Labute approximate surface area is 65.6 Å². The lowest BCUT2D eigenvalue weighted by atomic mass is 10.3. The van der Waals surface area contributed by atoms with Gasteiger partial charge in [-0.2, -0.15) is 0 Å². The second kappa shape index (κ2) is 4.32. The van der Waals surface area contributed by atoms with E-state index in [1.54, 1.807) is 0 Å². The zero-order valence-corrected chi connectivity index (χ0v) is 7.50. The minimum absolute atomic E-state index is 0.244. The number of nitrogens with two attached hydrogens (primary N) is 1. The minimum atomic E-state index is 0.244. The predicted molar refractivity (Wildman–Crippen MR) is 42.8 cm³/mol. The van der Waals surface area contributed by atoms with E-state index >= 15 is 0 Å². The molecule has 0 rings (SSSR count). The van der Waals surface area contributed by atoms with Crippen LogP contribution >= 0.6 is 31.9 Å². The fraction of sp³-hybridized carbons (Fsp3) is 0.750. The van der Waals surface area contributed by atoms with Gasteiger partial charge in [0.25, 0.3) is 0 Å². The van der Waals surface area contributed by atoms with Crippen LogP contribution in [0.25, 0.3) is 0 Å². The number of hydrogen-bond acceptors (Lipinski definition) is 1. The smallest absolute Gasteiger partial charge is 0.0906 e. The third-order valence-corrected chi connectivity index (χ3v) is 1.55. The Kier molecular flexibility index (Phi) is 4.56. The van der Waals surface area contributed by atoms with Crippen molar-refractivity contribution in [2.24, 2.45) is 5.73 Å². The Bertz CT molecular complexity index is 82.1. The standard InChI is InChI=1S/C4H8Br2N2/c5-3(6)1-2-4(7)8/h3H,1-2H2,(H3,7,8). The Hall–Kier alpha value is 0.430. The molecule has 0 aromatic heterocycles. The summed E-state index contributed by atoms with van der Waals surface area (Å²) in [4.78, 5) is 0. The van der Waals surface area contributed by atoms with Gasteiger partial charge in [-0.1, -0.05) is 31.9 Å². The topological polar surface area (TPSA) is 49.9 Å². The maximum absolute atomic E-state index is 6.82. The molecule has 2 nitrogen and oxygen atoms in total. The molecule has 0 atom stereocenters. The molecule has 0 bridgehead atoms. The second-order valence-electron chi connectivity index (χ2n) is 1.45. The number of alkyl halides is 2. The van der Waals surface area contributed by atoms with Crippen LogP contribution in [0, 0.1) is 5.41 Å². The van der Waals surface area contributed by atoms with Gasteiger partial charge >= 0.3 is 0 Å². The highest BCUT2D eigenvalue weighted by molar-refractivity contribution is 9.24. The molecule has 3 N–H and O–H groups in total. The molecular weight excluding hydrogens is 236 g/mol. The van der Waals surface area contributed by atoms with Gasteiger partial charge in [-0.3, -0.25) is 5.41 Å². The quantitative estimate of drug-likeness (QED) is 0.444. The van der Waals surface area contributed by atoms with E-state index in [1.165, 1.54) is 0 Å². The van der Waals surface area contributed by atoms with Gasteiger partial charge in [-0.15, -0.1) is 0 Å². The largest absolute Gasteiger partial charge is 0.388 e. The first-order valence-corrected chi connectivity index (χ1v) is 4.07. The lowest BCUT2D eigenvalue weighted by Crippen LogP contribution is -2.09. The van der Waals surface area contributed by atoms with Crippen LogP contribution in [0.3, 0.4) is 0 Å². The monoisotopic (exact) mass is 242 g/mol. The third-order valence-electron chi connectivity index (χ3n) is 0.632. The van der Waals surface area contributed by atoms with E-state index in [-0.39, 0.29) is 5.84 Å². The average Bonchev–Trinajstić information content (AvgIpc) is 1.61. The second-order valence-corrected chi connectivity index (χ2v) is 4.89. The molecule has 0 aliphatic carbocycles. The Balaban J connectivity index is 3.05. The summed E-state index contributed by atoms with van der Waals surface area (Å²) in [5, 5.41) is 6.82. The van der Waals surface area contributed by atoms with E-state index < -0.39 is 0 Å². The van der Waals surface area contributed by atoms with Gasteiger partial charge in [0.1, 0.15) is 0 Å². The highest BCUT2D eigenvalue weighted by Gasteiger charge is 1.96. The molecule has 0 heterocycles. The van der Waals surface area contributed by atoms with Gasteiger partial charge in [-0.05, 0) is 6.42 Å². The van der Waals surface area contributed by atoms with Crippen molar-refractivity contribution in [3.63, 3.8) is 0 Å². The summed E-state index contributed by atoms with van der Waals surface area (Å²) in [6.45, 7) is 0. The lowest BCUT2D eigenvalue weighted by Gasteiger charge is -1.97. The Morgan fingerprint density at radius 2 is 2.12 bits per heavy atom. The van der Waals surface area contributed by atoms with Gasteiger partial charge in [0.15, 0.2) is 0 Å². The molecule has 0 spiro atoms. The SMILES string of the molecule is N=C(N)CCC(Br)Br. The molecule has 0 aliphatic heterocycles. The molecule has 0 saturated heterocycles. The fourth-order valence-corrected chi connectivity index (χ4v) is 0.722. The first-order valence-electron chi connectivity index (χ1n) is 2.24. The molecule has 48 valence electrons. The van der Waals surface area contributed by atoms with E-state index in [0.717, 1.165) is 6.42 Å². The maximum atomic E-state index is 6.82. The Morgan fingerprint density at radius 3 is 2.25 bits per heavy atom. The average molecular weight is 244 g/mol. The van der Waals surface area contributed by atoms with Crippen LogP contribution in [0.5, 0.6) is 0 Å². The highest BCUT2D eigenvalue weighted by Crippen LogP contribution is 2.13.